The molecule has 3 rings (SSSR count). The molecule has 1 fully saturated rings. The minimum absolute atomic E-state index is 0. The molecule has 2 aliphatic rings. The molecule has 0 aromatic carbocycles. The third-order valence-electron chi connectivity index (χ3n) is 4.08. The zero-order valence-electron chi connectivity index (χ0n) is 15.0. The van der Waals surface area contributed by atoms with Crippen molar-refractivity contribution in [2.24, 2.45) is 10.9 Å². The predicted molar refractivity (Wildman–Crippen MR) is 105 cm³/mol. The number of rotatable bonds is 7. The van der Waals surface area contributed by atoms with Gasteiger partial charge in [0.1, 0.15) is 30.8 Å². The van der Waals surface area contributed by atoms with E-state index >= 15 is 0 Å². The molecule has 2 atom stereocenters. The summed E-state index contributed by atoms with van der Waals surface area (Å²) in [6.07, 6.45) is 0.290. The van der Waals surface area contributed by atoms with Crippen molar-refractivity contribution in [2.75, 3.05) is 19.5 Å². The van der Waals surface area contributed by atoms with Gasteiger partial charge in [0.25, 0.3) is 11.8 Å². The van der Waals surface area contributed by atoms with Crippen LogP contribution in [-0.2, 0) is 24.0 Å². The molecule has 0 saturated carbocycles. The molecular formula is C16H17LiN4O8S. The van der Waals surface area contributed by atoms with E-state index in [1.807, 2.05) is 0 Å². The van der Waals surface area contributed by atoms with Crippen LogP contribution in [-0.4, -0.2) is 89.3 Å². The number of thioether (sulfide) groups is 1. The Kier molecular flexibility index (Phi) is 7.60. The maximum absolute atomic E-state index is 12.6. The van der Waals surface area contributed by atoms with Gasteiger partial charge in [0.05, 0.1) is 6.26 Å². The summed E-state index contributed by atoms with van der Waals surface area (Å²) in [6, 6.07) is 2.08. The van der Waals surface area contributed by atoms with Crippen molar-refractivity contribution >= 4 is 60.2 Å². The molecule has 156 valence electrons. The van der Waals surface area contributed by atoms with Crippen LogP contribution in [0.15, 0.2) is 39.2 Å². The predicted octanol–water partition coefficient (Wildman–Crippen LogP) is -1.18. The molecule has 2 aliphatic heterocycles. The second-order valence-electron chi connectivity index (χ2n) is 5.83. The van der Waals surface area contributed by atoms with E-state index in [1.54, 1.807) is 6.07 Å². The second kappa shape index (κ2) is 9.75. The van der Waals surface area contributed by atoms with Gasteiger partial charge in [-0.1, -0.05) is 5.16 Å². The first-order valence-electron chi connectivity index (χ1n) is 8.13. The first kappa shape index (κ1) is 23.4. The van der Waals surface area contributed by atoms with Crippen LogP contribution in [0, 0.1) is 0 Å². The topological polar surface area (TPSA) is 174 Å². The van der Waals surface area contributed by atoms with E-state index in [4.69, 9.17) is 10.2 Å². The van der Waals surface area contributed by atoms with Gasteiger partial charge in [-0.25, -0.2) is 9.59 Å². The van der Waals surface area contributed by atoms with Gasteiger partial charge in [-0.15, -0.1) is 11.8 Å². The van der Waals surface area contributed by atoms with Gasteiger partial charge in [-0.3, -0.25) is 14.5 Å². The summed E-state index contributed by atoms with van der Waals surface area (Å²) in [5.41, 5.74) is 4.68. The molecule has 14 heteroatoms. The van der Waals surface area contributed by atoms with Gasteiger partial charge in [-0.2, -0.15) is 0 Å². The van der Waals surface area contributed by atoms with E-state index in [1.165, 1.54) is 31.2 Å². The molecular weight excluding hydrogens is 415 g/mol. The van der Waals surface area contributed by atoms with Gasteiger partial charge in [0, 0.05) is 11.3 Å². The first-order valence-corrected chi connectivity index (χ1v) is 9.18. The van der Waals surface area contributed by atoms with Crippen molar-refractivity contribution in [3.8, 4) is 0 Å². The fourth-order valence-electron chi connectivity index (χ4n) is 2.87. The number of hydrogen-bond donors (Lipinski definition) is 3. The van der Waals surface area contributed by atoms with Crippen molar-refractivity contribution in [3.63, 3.8) is 0 Å². The monoisotopic (exact) mass is 432 g/mol. The zero-order chi connectivity index (χ0) is 21.1. The molecule has 0 bridgehead atoms. The molecule has 1 aromatic heterocycles. The number of ether oxygens (including phenoxy) is 1. The molecule has 3 amide bonds. The summed E-state index contributed by atoms with van der Waals surface area (Å²) in [5.74, 6) is -2.38. The Balaban J connectivity index is 0.00000320. The molecule has 0 aliphatic carbocycles. The van der Waals surface area contributed by atoms with Crippen LogP contribution in [0.4, 0.5) is 4.79 Å². The number of β-lactam (4-membered cyclic amide) rings is 1. The quantitative estimate of drug-likeness (QED) is 0.207. The molecule has 3 heterocycles. The number of fused-ring (bicyclic) bond motifs is 1. The van der Waals surface area contributed by atoms with E-state index in [-0.39, 0.29) is 54.0 Å². The fourth-order valence-corrected chi connectivity index (χ4v) is 4.19. The Bertz CT molecular complexity index is 916. The molecule has 0 spiro atoms. The van der Waals surface area contributed by atoms with Crippen LogP contribution in [0.5, 0.6) is 0 Å². The zero-order valence-corrected chi connectivity index (χ0v) is 15.8. The molecule has 4 N–H and O–H groups in total. The van der Waals surface area contributed by atoms with E-state index in [0.717, 1.165) is 4.90 Å². The summed E-state index contributed by atoms with van der Waals surface area (Å²) < 4.78 is 9.79. The third-order valence-corrected chi connectivity index (χ3v) is 5.42. The summed E-state index contributed by atoms with van der Waals surface area (Å²) in [6.45, 7) is -0.347. The number of carboxylic acids is 1. The van der Waals surface area contributed by atoms with Crippen LogP contribution in [0.3, 0.4) is 0 Å². The average molecular weight is 432 g/mol. The number of furan rings is 1. The minimum atomic E-state index is -1.35. The number of carbonyl (C=O) groups is 4. The number of aliphatic carboxylic acids is 1. The SMILES string of the molecule is CON=C(C(=O)N[C@@H]1C(=O)N2C(C(=O)O)=C(COC(N)=O)CS[C@H]12)c1ccco1.[LiH]. The Morgan fingerprint density at radius 3 is 2.77 bits per heavy atom. The number of nitrogens with zero attached hydrogens (tertiary/aromatic N) is 2. The normalized spacial score (nSPS) is 20.5. The molecule has 12 nitrogen and oxygen atoms in total. The molecule has 0 radical (unpaired) electrons. The van der Waals surface area contributed by atoms with Crippen LogP contribution >= 0.6 is 11.8 Å². The molecule has 0 unspecified atom stereocenters. The van der Waals surface area contributed by atoms with Crippen molar-refractivity contribution in [1.82, 2.24) is 10.2 Å². The van der Waals surface area contributed by atoms with Gasteiger partial charge in [0.2, 0.25) is 5.71 Å². The van der Waals surface area contributed by atoms with Crippen molar-refractivity contribution in [1.29, 1.82) is 0 Å². The van der Waals surface area contributed by atoms with E-state index < -0.39 is 35.3 Å². The number of amides is 3. The molecule has 1 saturated heterocycles. The van der Waals surface area contributed by atoms with Crippen molar-refractivity contribution in [2.45, 2.75) is 11.4 Å². The molecule has 1 aromatic rings. The van der Waals surface area contributed by atoms with Crippen LogP contribution in [0.1, 0.15) is 5.76 Å². The maximum atomic E-state index is 12.6. The van der Waals surface area contributed by atoms with Crippen LogP contribution in [0.25, 0.3) is 0 Å². The van der Waals surface area contributed by atoms with Crippen LogP contribution in [0.2, 0.25) is 0 Å². The Morgan fingerprint density at radius 2 is 2.20 bits per heavy atom. The van der Waals surface area contributed by atoms with E-state index in [2.05, 4.69) is 20.0 Å². The summed E-state index contributed by atoms with van der Waals surface area (Å²) in [4.78, 5) is 53.3. The summed E-state index contributed by atoms with van der Waals surface area (Å²) in [5, 5.41) is 15.0. The Labute approximate surface area is 185 Å². The number of carboxylic acid groups (broad SMARTS) is 1. The molecule has 30 heavy (non-hydrogen) atoms. The first-order chi connectivity index (χ1) is 13.8. The fraction of sp³-hybridized carbons (Fsp3) is 0.312. The Morgan fingerprint density at radius 1 is 1.47 bits per heavy atom. The number of carbonyl (C=O) groups excluding carboxylic acids is 3. The number of nitrogens with two attached hydrogens (primary N) is 1. The van der Waals surface area contributed by atoms with Gasteiger partial charge >= 0.3 is 30.9 Å². The number of primary amides is 1. The number of oxime groups is 1. The Hall–Kier alpha value is -2.88. The van der Waals surface area contributed by atoms with Crippen molar-refractivity contribution < 1.29 is 38.3 Å². The third kappa shape index (κ3) is 4.48. The van der Waals surface area contributed by atoms with E-state index in [0.29, 0.717) is 0 Å². The number of hydrogen-bond acceptors (Lipinski definition) is 9. The average Bonchev–Trinajstić information content (AvgIpc) is 3.21. The van der Waals surface area contributed by atoms with E-state index in [9.17, 15) is 24.3 Å². The van der Waals surface area contributed by atoms with Gasteiger partial charge < -0.3 is 30.1 Å². The second-order valence-corrected chi connectivity index (χ2v) is 6.93. The number of nitrogens with one attached hydrogen (secondary N) is 1. The standard InChI is InChI=1S/C16H16N4O8S.Li.H/c1-26-19-9(8-3-2-4-27-8)12(21)18-10-13(22)20-11(15(23)24)7(5-28-16(17)25)6-29-14(10)20;;/h2-4,10,14H,5-6H2,1H3,(H2,17,25)(H,18,21)(H,23,24);;/t10-,14-;;/m1../s1. The van der Waals surface area contributed by atoms with Crippen LogP contribution < -0.4 is 11.1 Å². The summed E-state index contributed by atoms with van der Waals surface area (Å²) in [7, 11) is 1.25. The van der Waals surface area contributed by atoms with Gasteiger partial charge in [-0.05, 0) is 12.1 Å². The van der Waals surface area contributed by atoms with Gasteiger partial charge in [0.15, 0.2) is 5.76 Å². The van der Waals surface area contributed by atoms with Crippen molar-refractivity contribution in [3.05, 3.63) is 35.4 Å². The summed E-state index contributed by atoms with van der Waals surface area (Å²) >= 11 is 1.21.